The lowest BCUT2D eigenvalue weighted by Crippen LogP contribution is -2.44. The molecule has 1 atom stereocenters. The van der Waals surface area contributed by atoms with E-state index in [-0.39, 0.29) is 11.5 Å². The first-order valence-corrected chi connectivity index (χ1v) is 8.43. The van der Waals surface area contributed by atoms with Gasteiger partial charge < -0.3 is 10.6 Å². The second kappa shape index (κ2) is 6.46. The predicted molar refractivity (Wildman–Crippen MR) is 83.4 cm³/mol. The molecule has 1 amide bonds. The summed E-state index contributed by atoms with van der Waals surface area (Å²) in [6.07, 6.45) is 9.59. The lowest BCUT2D eigenvalue weighted by molar-refractivity contribution is -0.133. The van der Waals surface area contributed by atoms with Crippen molar-refractivity contribution >= 4 is 5.91 Å². The van der Waals surface area contributed by atoms with E-state index in [2.05, 4.69) is 25.7 Å². The predicted octanol–water partition coefficient (Wildman–Crippen LogP) is 3.32. The lowest BCUT2D eigenvalue weighted by atomic mass is 9.85. The number of amides is 1. The minimum absolute atomic E-state index is 0.00964. The first kappa shape index (κ1) is 15.8. The van der Waals surface area contributed by atoms with Crippen LogP contribution in [0.1, 0.15) is 72.1 Å². The molecule has 2 rings (SSSR count). The fourth-order valence-corrected chi connectivity index (χ4v) is 3.10. The zero-order chi connectivity index (χ0) is 14.8. The first-order chi connectivity index (χ1) is 9.38. The van der Waals surface area contributed by atoms with Gasteiger partial charge in [0.25, 0.3) is 0 Å². The normalized spacial score (nSPS) is 22.6. The van der Waals surface area contributed by atoms with E-state index < -0.39 is 0 Å². The van der Waals surface area contributed by atoms with Crippen molar-refractivity contribution in [1.29, 1.82) is 0 Å². The van der Waals surface area contributed by atoms with Crippen molar-refractivity contribution in [1.82, 2.24) is 4.90 Å². The Morgan fingerprint density at radius 2 is 1.75 bits per heavy atom. The maximum absolute atomic E-state index is 12.6. The van der Waals surface area contributed by atoms with Crippen molar-refractivity contribution in [2.75, 3.05) is 6.54 Å². The molecule has 0 aromatic carbocycles. The molecular weight excluding hydrogens is 248 g/mol. The Balaban J connectivity index is 1.89. The zero-order valence-electron chi connectivity index (χ0n) is 13.5. The van der Waals surface area contributed by atoms with Gasteiger partial charge in [0.05, 0.1) is 0 Å². The van der Waals surface area contributed by atoms with Gasteiger partial charge in [-0.3, -0.25) is 4.79 Å². The van der Waals surface area contributed by atoms with Gasteiger partial charge in [0.2, 0.25) is 5.91 Å². The second-order valence-corrected chi connectivity index (χ2v) is 7.96. The summed E-state index contributed by atoms with van der Waals surface area (Å²) >= 11 is 0. The molecule has 2 saturated carbocycles. The summed E-state index contributed by atoms with van der Waals surface area (Å²) in [5.74, 6) is 1.03. The Labute approximate surface area is 124 Å². The highest BCUT2D eigenvalue weighted by Gasteiger charge is 2.35. The molecule has 3 nitrogen and oxygen atoms in total. The monoisotopic (exact) mass is 280 g/mol. The van der Waals surface area contributed by atoms with Crippen LogP contribution in [0.25, 0.3) is 0 Å². The molecule has 2 aliphatic rings. The molecule has 0 bridgehead atoms. The first-order valence-electron chi connectivity index (χ1n) is 8.43. The third-order valence-electron chi connectivity index (χ3n) is 4.99. The minimum atomic E-state index is -0.0393. The summed E-state index contributed by atoms with van der Waals surface area (Å²) < 4.78 is 0. The van der Waals surface area contributed by atoms with Gasteiger partial charge in [-0.1, -0.05) is 40.0 Å². The van der Waals surface area contributed by atoms with Crippen molar-refractivity contribution in [3.63, 3.8) is 0 Å². The Kier molecular flexibility index (Phi) is 5.11. The van der Waals surface area contributed by atoms with Crippen molar-refractivity contribution in [2.45, 2.75) is 84.2 Å². The molecule has 0 saturated heterocycles. The number of carbonyl (C=O) groups excluding carboxylic acids is 1. The molecule has 0 heterocycles. The smallest absolute Gasteiger partial charge is 0.224 e. The van der Waals surface area contributed by atoms with Gasteiger partial charge in [-0.15, -0.1) is 0 Å². The molecule has 0 aromatic rings. The third-order valence-corrected chi connectivity index (χ3v) is 4.99. The van der Waals surface area contributed by atoms with Gasteiger partial charge in [-0.2, -0.15) is 0 Å². The summed E-state index contributed by atoms with van der Waals surface area (Å²) in [4.78, 5) is 14.8. The van der Waals surface area contributed by atoms with E-state index in [1.165, 1.54) is 44.9 Å². The molecule has 0 aliphatic heterocycles. The SMILES string of the molecule is CC(C)(C)C(N)CC(=O)N(CC1CCCCC1)C1CC1. The second-order valence-electron chi connectivity index (χ2n) is 7.96. The summed E-state index contributed by atoms with van der Waals surface area (Å²) in [7, 11) is 0. The van der Waals surface area contributed by atoms with Crippen LogP contribution < -0.4 is 5.73 Å². The Morgan fingerprint density at radius 3 is 2.25 bits per heavy atom. The standard InChI is InChI=1S/C17H32N2O/c1-17(2,3)15(18)11-16(20)19(14-9-10-14)12-13-7-5-4-6-8-13/h13-15H,4-12,18H2,1-3H3. The molecule has 2 N–H and O–H groups in total. The van der Waals surface area contributed by atoms with Crippen molar-refractivity contribution in [2.24, 2.45) is 17.1 Å². The Morgan fingerprint density at radius 1 is 1.15 bits per heavy atom. The highest BCUT2D eigenvalue weighted by atomic mass is 16.2. The summed E-state index contributed by atoms with van der Waals surface area (Å²) in [5, 5.41) is 0. The lowest BCUT2D eigenvalue weighted by Gasteiger charge is -2.33. The van der Waals surface area contributed by atoms with Gasteiger partial charge in [0, 0.05) is 25.0 Å². The summed E-state index contributed by atoms with van der Waals surface area (Å²) in [6, 6.07) is 0.485. The molecule has 2 fully saturated rings. The van der Waals surface area contributed by atoms with Crippen LogP contribution in [0.2, 0.25) is 0 Å². The van der Waals surface area contributed by atoms with Crippen LogP contribution >= 0.6 is 0 Å². The van der Waals surface area contributed by atoms with Crippen molar-refractivity contribution in [3.8, 4) is 0 Å². The molecule has 0 radical (unpaired) electrons. The minimum Gasteiger partial charge on any atom is -0.339 e. The average Bonchev–Trinajstić information content (AvgIpc) is 3.20. The number of hydrogen-bond acceptors (Lipinski definition) is 2. The van der Waals surface area contributed by atoms with E-state index in [1.54, 1.807) is 0 Å². The molecule has 20 heavy (non-hydrogen) atoms. The van der Waals surface area contributed by atoms with Crippen LogP contribution in [-0.4, -0.2) is 29.4 Å². The summed E-state index contributed by atoms with van der Waals surface area (Å²) in [6.45, 7) is 7.34. The number of carbonyl (C=O) groups is 1. The van der Waals surface area contributed by atoms with E-state index in [0.29, 0.717) is 18.4 Å². The summed E-state index contributed by atoms with van der Waals surface area (Å²) in [5.41, 5.74) is 6.21. The molecule has 0 aromatic heterocycles. The molecule has 3 heteroatoms. The molecule has 1 unspecified atom stereocenters. The Hall–Kier alpha value is -0.570. The van der Waals surface area contributed by atoms with E-state index in [0.717, 1.165) is 12.5 Å². The maximum atomic E-state index is 12.6. The van der Waals surface area contributed by atoms with E-state index in [9.17, 15) is 4.79 Å². The third kappa shape index (κ3) is 4.47. The Bertz CT molecular complexity index is 324. The van der Waals surface area contributed by atoms with E-state index >= 15 is 0 Å². The van der Waals surface area contributed by atoms with Crippen molar-refractivity contribution in [3.05, 3.63) is 0 Å². The van der Waals surface area contributed by atoms with E-state index in [1.807, 2.05) is 0 Å². The fourth-order valence-electron chi connectivity index (χ4n) is 3.10. The highest BCUT2D eigenvalue weighted by molar-refractivity contribution is 5.77. The number of hydrogen-bond donors (Lipinski definition) is 1. The topological polar surface area (TPSA) is 46.3 Å². The highest BCUT2D eigenvalue weighted by Crippen LogP contribution is 2.32. The van der Waals surface area contributed by atoms with Gasteiger partial charge in [-0.25, -0.2) is 0 Å². The molecule has 0 spiro atoms. The molecular formula is C17H32N2O. The number of nitrogens with two attached hydrogens (primary N) is 1. The molecule has 116 valence electrons. The van der Waals surface area contributed by atoms with Gasteiger partial charge in [-0.05, 0) is 37.0 Å². The molecule has 2 aliphatic carbocycles. The van der Waals surface area contributed by atoms with Crippen LogP contribution in [0.4, 0.5) is 0 Å². The zero-order valence-corrected chi connectivity index (χ0v) is 13.5. The van der Waals surface area contributed by atoms with Crippen LogP contribution in [0.3, 0.4) is 0 Å². The van der Waals surface area contributed by atoms with E-state index in [4.69, 9.17) is 5.73 Å². The van der Waals surface area contributed by atoms with Crippen LogP contribution in [-0.2, 0) is 4.79 Å². The number of rotatable bonds is 5. The fraction of sp³-hybridized carbons (Fsp3) is 0.941. The largest absolute Gasteiger partial charge is 0.339 e. The van der Waals surface area contributed by atoms with Gasteiger partial charge in [0.1, 0.15) is 0 Å². The average molecular weight is 280 g/mol. The van der Waals surface area contributed by atoms with Crippen LogP contribution in [0.15, 0.2) is 0 Å². The van der Waals surface area contributed by atoms with Crippen LogP contribution in [0.5, 0.6) is 0 Å². The van der Waals surface area contributed by atoms with Crippen molar-refractivity contribution < 1.29 is 4.79 Å². The maximum Gasteiger partial charge on any atom is 0.224 e. The van der Waals surface area contributed by atoms with Crippen LogP contribution in [0, 0.1) is 11.3 Å². The van der Waals surface area contributed by atoms with Gasteiger partial charge >= 0.3 is 0 Å². The number of nitrogens with zero attached hydrogens (tertiary/aromatic N) is 1. The van der Waals surface area contributed by atoms with Gasteiger partial charge in [0.15, 0.2) is 0 Å². The quantitative estimate of drug-likeness (QED) is 0.839.